The van der Waals surface area contributed by atoms with E-state index in [0.717, 1.165) is 44.3 Å². The quantitative estimate of drug-likeness (QED) is 0.573. The smallest absolute Gasteiger partial charge is 0.410 e. The van der Waals surface area contributed by atoms with Gasteiger partial charge in [-0.3, -0.25) is 0 Å². The molecule has 6 nitrogen and oxygen atoms in total. The number of ether oxygens (including phenoxy) is 2. The monoisotopic (exact) mass is 369 g/mol. The van der Waals surface area contributed by atoms with Crippen molar-refractivity contribution < 1.29 is 14.3 Å². The van der Waals surface area contributed by atoms with E-state index in [-0.39, 0.29) is 6.09 Å². The lowest BCUT2D eigenvalue weighted by atomic mass is 9.92. The van der Waals surface area contributed by atoms with Crippen LogP contribution in [-0.4, -0.2) is 46.3 Å². The molecule has 2 rings (SSSR count). The third-order valence-corrected chi connectivity index (χ3v) is 4.52. The van der Waals surface area contributed by atoms with E-state index in [9.17, 15) is 4.79 Å². The highest BCUT2D eigenvalue weighted by molar-refractivity contribution is 6.30. The maximum Gasteiger partial charge on any atom is 0.410 e. The third-order valence-electron chi connectivity index (χ3n) is 4.14. The van der Waals surface area contributed by atoms with Crippen LogP contribution in [0.5, 0.6) is 6.01 Å². The number of hydrogen-bond acceptors (Lipinski definition) is 5. The minimum Gasteiger partial charge on any atom is -0.463 e. The van der Waals surface area contributed by atoms with Crippen LogP contribution in [0, 0.1) is 12.8 Å². The van der Waals surface area contributed by atoms with Crippen molar-refractivity contribution in [1.29, 1.82) is 0 Å². The van der Waals surface area contributed by atoms with Crippen molar-refractivity contribution in [1.82, 2.24) is 14.9 Å². The van der Waals surface area contributed by atoms with Crippen LogP contribution in [-0.2, 0) is 4.74 Å². The van der Waals surface area contributed by atoms with Crippen molar-refractivity contribution in [3.63, 3.8) is 0 Å². The average Bonchev–Trinajstić information content (AvgIpc) is 2.54. The Morgan fingerprint density at radius 2 is 2.04 bits per heavy atom. The first-order valence-electron chi connectivity index (χ1n) is 8.84. The SMILES string of the molecule is Cc1cnc(OCCCC2CCN(C(=O)OC(C)(C)C)CC2)nc1Cl. The average molecular weight is 370 g/mol. The zero-order valence-electron chi connectivity index (χ0n) is 15.5. The fraction of sp³-hybridized carbons (Fsp3) is 0.722. The van der Waals surface area contributed by atoms with E-state index in [1.54, 1.807) is 11.1 Å². The Hall–Kier alpha value is -1.56. The molecule has 1 aliphatic rings. The number of aryl methyl sites for hydroxylation is 1. The van der Waals surface area contributed by atoms with Crippen molar-refractivity contribution in [2.24, 2.45) is 5.92 Å². The standard InChI is InChI=1S/C18H28ClN3O3/c1-13-12-20-16(21-15(13)19)24-11-5-6-14-7-9-22(10-8-14)17(23)25-18(2,3)4/h12,14H,5-11H2,1-4H3. The van der Waals surface area contributed by atoms with Gasteiger partial charge < -0.3 is 14.4 Å². The second-order valence-corrected chi connectivity index (χ2v) is 7.89. The van der Waals surface area contributed by atoms with Crippen LogP contribution in [0.25, 0.3) is 0 Å². The fourth-order valence-electron chi connectivity index (χ4n) is 2.74. The van der Waals surface area contributed by atoms with Gasteiger partial charge >= 0.3 is 12.1 Å². The van der Waals surface area contributed by atoms with E-state index in [1.807, 2.05) is 27.7 Å². The Labute approximate surface area is 154 Å². The van der Waals surface area contributed by atoms with Crippen LogP contribution in [0.15, 0.2) is 6.20 Å². The molecule has 140 valence electrons. The molecule has 25 heavy (non-hydrogen) atoms. The summed E-state index contributed by atoms with van der Waals surface area (Å²) in [5.74, 6) is 0.616. The number of hydrogen-bond donors (Lipinski definition) is 0. The van der Waals surface area contributed by atoms with Crippen molar-refractivity contribution in [3.8, 4) is 6.01 Å². The Morgan fingerprint density at radius 1 is 1.36 bits per heavy atom. The van der Waals surface area contributed by atoms with E-state index >= 15 is 0 Å². The third kappa shape index (κ3) is 6.69. The molecule has 0 radical (unpaired) electrons. The highest BCUT2D eigenvalue weighted by Gasteiger charge is 2.26. The molecule has 1 aromatic heterocycles. The van der Waals surface area contributed by atoms with Gasteiger partial charge in [-0.25, -0.2) is 9.78 Å². The molecule has 0 unspecified atom stereocenters. The van der Waals surface area contributed by atoms with Gasteiger partial charge in [0.05, 0.1) is 6.61 Å². The van der Waals surface area contributed by atoms with Crippen LogP contribution in [0.2, 0.25) is 5.15 Å². The van der Waals surface area contributed by atoms with Crippen molar-refractivity contribution >= 4 is 17.7 Å². The van der Waals surface area contributed by atoms with Gasteiger partial charge in [-0.05, 0) is 59.3 Å². The van der Waals surface area contributed by atoms with E-state index in [2.05, 4.69) is 9.97 Å². The second-order valence-electron chi connectivity index (χ2n) is 7.53. The summed E-state index contributed by atoms with van der Waals surface area (Å²) < 4.78 is 11.0. The maximum absolute atomic E-state index is 12.0. The summed E-state index contributed by atoms with van der Waals surface area (Å²) in [5, 5.41) is 0.430. The van der Waals surface area contributed by atoms with Crippen molar-refractivity contribution in [3.05, 3.63) is 16.9 Å². The molecule has 7 heteroatoms. The molecule has 0 spiro atoms. The second kappa shape index (κ2) is 8.70. The molecule has 0 saturated carbocycles. The molecule has 1 aromatic rings. The van der Waals surface area contributed by atoms with Gasteiger partial charge in [0.15, 0.2) is 0 Å². The molecule has 1 saturated heterocycles. The van der Waals surface area contributed by atoms with Gasteiger partial charge in [-0.15, -0.1) is 0 Å². The highest BCUT2D eigenvalue weighted by Crippen LogP contribution is 2.23. The molecule has 0 aromatic carbocycles. The number of carbonyl (C=O) groups excluding carboxylic acids is 1. The first kappa shape index (κ1) is 19.8. The van der Waals surface area contributed by atoms with E-state index in [0.29, 0.717) is 23.7 Å². The molecular weight excluding hydrogens is 342 g/mol. The number of rotatable bonds is 5. The van der Waals surface area contributed by atoms with E-state index in [1.165, 1.54) is 0 Å². The maximum atomic E-state index is 12.0. The van der Waals surface area contributed by atoms with Crippen LogP contribution < -0.4 is 4.74 Å². The topological polar surface area (TPSA) is 64.5 Å². The summed E-state index contributed by atoms with van der Waals surface area (Å²) >= 11 is 5.95. The normalized spacial score (nSPS) is 16.0. The molecule has 1 amide bonds. The van der Waals surface area contributed by atoms with E-state index < -0.39 is 5.60 Å². The lowest BCUT2D eigenvalue weighted by molar-refractivity contribution is 0.0179. The summed E-state index contributed by atoms with van der Waals surface area (Å²) in [6, 6.07) is 0.329. The lowest BCUT2D eigenvalue weighted by Gasteiger charge is -2.33. The van der Waals surface area contributed by atoms with Crippen LogP contribution >= 0.6 is 11.6 Å². The largest absolute Gasteiger partial charge is 0.463 e. The summed E-state index contributed by atoms with van der Waals surface area (Å²) in [5.41, 5.74) is 0.400. The first-order valence-corrected chi connectivity index (χ1v) is 9.22. The van der Waals surface area contributed by atoms with Crippen LogP contribution in [0.3, 0.4) is 0 Å². The highest BCUT2D eigenvalue weighted by atomic mass is 35.5. The minimum absolute atomic E-state index is 0.206. The van der Waals surface area contributed by atoms with Crippen molar-refractivity contribution in [2.45, 2.75) is 59.0 Å². The Morgan fingerprint density at radius 3 is 2.64 bits per heavy atom. The molecule has 0 bridgehead atoms. The summed E-state index contributed by atoms with van der Waals surface area (Å²) in [6.07, 6.45) is 5.48. The number of amides is 1. The number of piperidine rings is 1. The Bertz CT molecular complexity index is 581. The predicted molar refractivity (Wildman–Crippen MR) is 97.0 cm³/mol. The van der Waals surface area contributed by atoms with Crippen LogP contribution in [0.4, 0.5) is 4.79 Å². The Balaban J connectivity index is 1.64. The summed E-state index contributed by atoms with van der Waals surface area (Å²) in [7, 11) is 0. The van der Waals surface area contributed by atoms with Gasteiger partial charge in [0.1, 0.15) is 10.8 Å². The molecule has 0 aliphatic carbocycles. The predicted octanol–water partition coefficient (Wildman–Crippen LogP) is 4.24. The zero-order valence-corrected chi connectivity index (χ0v) is 16.3. The zero-order chi connectivity index (χ0) is 18.4. The van der Waals surface area contributed by atoms with Gasteiger partial charge in [-0.2, -0.15) is 4.98 Å². The summed E-state index contributed by atoms with van der Waals surface area (Å²) in [4.78, 5) is 22.0. The number of nitrogens with zero attached hydrogens (tertiary/aromatic N) is 3. The molecule has 0 atom stereocenters. The number of aromatic nitrogens is 2. The van der Waals surface area contributed by atoms with Gasteiger partial charge in [0.25, 0.3) is 0 Å². The fourth-order valence-corrected chi connectivity index (χ4v) is 2.86. The summed E-state index contributed by atoms with van der Waals surface area (Å²) in [6.45, 7) is 9.63. The molecule has 1 fully saturated rings. The number of halogens is 1. The van der Waals surface area contributed by atoms with Crippen LogP contribution in [0.1, 0.15) is 52.0 Å². The molecule has 1 aliphatic heterocycles. The lowest BCUT2D eigenvalue weighted by Crippen LogP contribution is -2.41. The number of carbonyl (C=O) groups is 1. The Kier molecular flexibility index (Phi) is 6.87. The van der Waals surface area contributed by atoms with Gasteiger partial charge in [0.2, 0.25) is 0 Å². The first-order chi connectivity index (χ1) is 11.7. The van der Waals surface area contributed by atoms with Crippen molar-refractivity contribution in [2.75, 3.05) is 19.7 Å². The van der Waals surface area contributed by atoms with Gasteiger partial charge in [0, 0.05) is 24.8 Å². The van der Waals surface area contributed by atoms with Gasteiger partial charge in [-0.1, -0.05) is 11.6 Å². The molecule has 0 N–H and O–H groups in total. The molecule has 2 heterocycles. The minimum atomic E-state index is -0.438. The van der Waals surface area contributed by atoms with E-state index in [4.69, 9.17) is 21.1 Å². The molecular formula is C18H28ClN3O3. The number of likely N-dealkylation sites (tertiary alicyclic amines) is 1.